The summed E-state index contributed by atoms with van der Waals surface area (Å²) in [5.41, 5.74) is -13.5. The molecule has 0 amide bonds. The van der Waals surface area contributed by atoms with Crippen molar-refractivity contribution in [3.63, 3.8) is 0 Å². The molecule has 26 heavy (non-hydrogen) atoms. The van der Waals surface area contributed by atoms with E-state index in [0.29, 0.717) is 12.8 Å². The normalized spacial score (nSPS) is 50.5. The lowest BCUT2D eigenvalue weighted by atomic mass is 9.55. The molecule has 0 aromatic rings. The van der Waals surface area contributed by atoms with Crippen LogP contribution in [0, 0.1) is 35.5 Å². The third-order valence-electron chi connectivity index (χ3n) is 8.05. The van der Waals surface area contributed by atoms with Crippen molar-refractivity contribution in [3.05, 3.63) is 0 Å². The molecule has 150 valence electrons. The number of alkyl halides is 8. The first-order valence-electron chi connectivity index (χ1n) is 8.99. The first kappa shape index (κ1) is 18.7. The van der Waals surface area contributed by atoms with E-state index in [9.17, 15) is 31.4 Å². The van der Waals surface area contributed by atoms with E-state index in [0.717, 1.165) is 13.3 Å². The zero-order valence-electron chi connectivity index (χ0n) is 14.0. The van der Waals surface area contributed by atoms with Crippen LogP contribution >= 0.6 is 0 Å². The lowest BCUT2D eigenvalue weighted by Crippen LogP contribution is -2.78. The van der Waals surface area contributed by atoms with Gasteiger partial charge in [-0.05, 0) is 55.8 Å². The number of hydrogen-bond donors (Lipinski definition) is 1. The second-order valence-corrected chi connectivity index (χ2v) is 8.57. The SMILES string of the molecule is CCC1(F)C2CC(C3C4CCC(C4)C32)C1(F)C(O)(C(F)(F)F)C(F)(F)F. The summed E-state index contributed by atoms with van der Waals surface area (Å²) in [5.74, 6) is -4.21. The van der Waals surface area contributed by atoms with Gasteiger partial charge in [-0.3, -0.25) is 0 Å². The minimum Gasteiger partial charge on any atom is -0.371 e. The Kier molecular flexibility index (Phi) is 3.51. The van der Waals surface area contributed by atoms with Gasteiger partial charge in [-0.25, -0.2) is 8.78 Å². The van der Waals surface area contributed by atoms with E-state index in [1.54, 1.807) is 0 Å². The van der Waals surface area contributed by atoms with Crippen molar-refractivity contribution < 1.29 is 40.2 Å². The summed E-state index contributed by atoms with van der Waals surface area (Å²) in [6, 6.07) is 0. The lowest BCUT2D eigenvalue weighted by molar-refractivity contribution is -0.425. The summed E-state index contributed by atoms with van der Waals surface area (Å²) in [6.45, 7) is 1.06. The first-order valence-corrected chi connectivity index (χ1v) is 8.99. The first-order chi connectivity index (χ1) is 11.8. The van der Waals surface area contributed by atoms with E-state index in [2.05, 4.69) is 0 Å². The third-order valence-corrected chi connectivity index (χ3v) is 8.05. The summed E-state index contributed by atoms with van der Waals surface area (Å²) in [6.07, 6.45) is -12.0. The largest absolute Gasteiger partial charge is 0.429 e. The standard InChI is InChI=1S/C17H20F8O/c1-2-13(18)9-6-10(12-8-4-3-7(5-8)11(9)12)14(13,19)15(26,16(20,21)22)17(23,24)25/h7-12,26H,2-6H2,1H3. The Labute approximate surface area is 145 Å². The second kappa shape index (κ2) is 4.87. The van der Waals surface area contributed by atoms with Crippen LogP contribution < -0.4 is 0 Å². The van der Waals surface area contributed by atoms with Gasteiger partial charge in [0.05, 0.1) is 0 Å². The average Bonchev–Trinajstić information content (AvgIpc) is 3.24. The van der Waals surface area contributed by atoms with Gasteiger partial charge in [-0.1, -0.05) is 6.92 Å². The third kappa shape index (κ3) is 1.69. The number of fused-ring (bicyclic) bond motifs is 9. The molecule has 1 N–H and O–H groups in total. The Bertz CT molecular complexity index is 601. The van der Waals surface area contributed by atoms with Gasteiger partial charge in [-0.2, -0.15) is 26.3 Å². The van der Waals surface area contributed by atoms with Gasteiger partial charge in [0.15, 0.2) is 11.3 Å². The molecular weight excluding hydrogens is 372 g/mol. The van der Waals surface area contributed by atoms with Gasteiger partial charge in [0.25, 0.3) is 5.60 Å². The summed E-state index contributed by atoms with van der Waals surface area (Å²) >= 11 is 0. The molecule has 0 saturated heterocycles. The van der Waals surface area contributed by atoms with Crippen LogP contribution in [0.3, 0.4) is 0 Å². The smallest absolute Gasteiger partial charge is 0.371 e. The highest BCUT2D eigenvalue weighted by molar-refractivity contribution is 5.32. The van der Waals surface area contributed by atoms with Crippen molar-refractivity contribution in [1.82, 2.24) is 0 Å². The highest BCUT2D eigenvalue weighted by Crippen LogP contribution is 2.78. The number of rotatable bonds is 2. The van der Waals surface area contributed by atoms with E-state index in [1.165, 1.54) is 0 Å². The number of hydrogen-bond acceptors (Lipinski definition) is 1. The van der Waals surface area contributed by atoms with Crippen molar-refractivity contribution in [2.75, 3.05) is 0 Å². The Morgan fingerprint density at radius 2 is 1.31 bits per heavy atom. The molecule has 0 radical (unpaired) electrons. The molecule has 0 aromatic carbocycles. The van der Waals surface area contributed by atoms with Gasteiger partial charge in [0.2, 0.25) is 0 Å². The van der Waals surface area contributed by atoms with E-state index >= 15 is 8.78 Å². The summed E-state index contributed by atoms with van der Waals surface area (Å²) in [7, 11) is 0. The number of aliphatic hydroxyl groups is 1. The molecule has 0 spiro atoms. The highest BCUT2D eigenvalue weighted by atomic mass is 19.4. The molecule has 4 aliphatic rings. The molecule has 9 heteroatoms. The monoisotopic (exact) mass is 392 g/mol. The summed E-state index contributed by atoms with van der Waals surface area (Å²) < 4.78 is 113. The maximum absolute atomic E-state index is 16.0. The predicted octanol–water partition coefficient (Wildman–Crippen LogP) is 4.98. The molecule has 0 heterocycles. The molecule has 8 atom stereocenters. The van der Waals surface area contributed by atoms with Crippen molar-refractivity contribution in [3.8, 4) is 0 Å². The van der Waals surface area contributed by atoms with Gasteiger partial charge < -0.3 is 5.11 Å². The topological polar surface area (TPSA) is 20.2 Å². The highest BCUT2D eigenvalue weighted by Gasteiger charge is 2.92. The second-order valence-electron chi connectivity index (χ2n) is 8.57. The molecule has 0 aromatic heterocycles. The van der Waals surface area contributed by atoms with Crippen LogP contribution in [0.2, 0.25) is 0 Å². The lowest BCUT2D eigenvalue weighted by Gasteiger charge is -2.55. The Hall–Kier alpha value is -0.600. The minimum atomic E-state index is -6.37. The van der Waals surface area contributed by atoms with Crippen molar-refractivity contribution in [2.24, 2.45) is 35.5 Å². The summed E-state index contributed by atoms with van der Waals surface area (Å²) in [4.78, 5) is 0. The van der Waals surface area contributed by atoms with Crippen LogP contribution in [-0.2, 0) is 0 Å². The molecule has 8 unspecified atom stereocenters. The molecule has 1 nitrogen and oxygen atoms in total. The zero-order valence-corrected chi connectivity index (χ0v) is 14.0. The number of halogens is 8. The summed E-state index contributed by atoms with van der Waals surface area (Å²) in [5, 5.41) is 9.86. The van der Waals surface area contributed by atoms with Crippen molar-refractivity contribution in [2.45, 2.75) is 68.3 Å². The van der Waals surface area contributed by atoms with Crippen LogP contribution in [0.15, 0.2) is 0 Å². The molecule has 0 aliphatic heterocycles. The minimum absolute atomic E-state index is 0.0380. The maximum Gasteiger partial charge on any atom is 0.429 e. The fourth-order valence-corrected chi connectivity index (χ4v) is 7.32. The fourth-order valence-electron chi connectivity index (χ4n) is 7.32. The van der Waals surface area contributed by atoms with Gasteiger partial charge in [0, 0.05) is 11.8 Å². The van der Waals surface area contributed by atoms with E-state index < -0.39 is 53.5 Å². The Balaban J connectivity index is 1.91. The molecule has 4 saturated carbocycles. The van der Waals surface area contributed by atoms with Crippen molar-refractivity contribution >= 4 is 0 Å². The Morgan fingerprint density at radius 1 is 0.846 bits per heavy atom. The van der Waals surface area contributed by atoms with E-state index in [1.807, 2.05) is 0 Å². The predicted molar refractivity (Wildman–Crippen MR) is 74.4 cm³/mol. The molecular formula is C17H20F8O. The molecule has 4 rings (SSSR count). The fraction of sp³-hybridized carbons (Fsp3) is 1.00. The quantitative estimate of drug-likeness (QED) is 0.519. The average molecular weight is 392 g/mol. The van der Waals surface area contributed by atoms with Crippen LogP contribution in [0.4, 0.5) is 35.1 Å². The zero-order chi connectivity index (χ0) is 19.5. The molecule has 4 bridgehead atoms. The van der Waals surface area contributed by atoms with Crippen LogP contribution in [-0.4, -0.2) is 34.4 Å². The van der Waals surface area contributed by atoms with E-state index in [4.69, 9.17) is 0 Å². The van der Waals surface area contributed by atoms with Gasteiger partial charge in [-0.15, -0.1) is 0 Å². The molecule has 4 fully saturated rings. The maximum atomic E-state index is 16.0. The molecule has 4 aliphatic carbocycles. The van der Waals surface area contributed by atoms with Crippen LogP contribution in [0.5, 0.6) is 0 Å². The van der Waals surface area contributed by atoms with Gasteiger partial charge in [0.1, 0.15) is 0 Å². The van der Waals surface area contributed by atoms with Crippen LogP contribution in [0.25, 0.3) is 0 Å². The van der Waals surface area contributed by atoms with Crippen LogP contribution in [0.1, 0.15) is 39.0 Å². The Morgan fingerprint density at radius 3 is 1.73 bits per heavy atom. The van der Waals surface area contributed by atoms with Crippen molar-refractivity contribution in [1.29, 1.82) is 0 Å². The van der Waals surface area contributed by atoms with E-state index in [-0.39, 0.29) is 24.2 Å². The van der Waals surface area contributed by atoms with Gasteiger partial charge >= 0.3 is 12.4 Å².